The molecule has 0 bridgehead atoms. The fraction of sp³-hybridized carbons (Fsp3) is 0.533. The van der Waals surface area contributed by atoms with Crippen LogP contribution in [0.4, 0.5) is 4.79 Å². The third-order valence-electron chi connectivity index (χ3n) is 5.04. The molecule has 3 heterocycles. The van der Waals surface area contributed by atoms with Crippen LogP contribution in [0, 0.1) is 5.92 Å². The highest BCUT2D eigenvalue weighted by atomic mass is 16.2. The number of nitrogens with one attached hydrogen (secondary N) is 2. The fourth-order valence-corrected chi connectivity index (χ4v) is 3.29. The van der Waals surface area contributed by atoms with Gasteiger partial charge in [-0.05, 0) is 12.8 Å². The van der Waals surface area contributed by atoms with Crippen LogP contribution in [0.25, 0.3) is 11.0 Å². The molecule has 2 aromatic rings. The van der Waals surface area contributed by atoms with Crippen LogP contribution < -0.4 is 16.6 Å². The summed E-state index contributed by atoms with van der Waals surface area (Å²) >= 11 is 0. The number of nitrogens with zero attached hydrogens (tertiary/aromatic N) is 4. The third kappa shape index (κ3) is 2.63. The van der Waals surface area contributed by atoms with E-state index in [1.807, 2.05) is 0 Å². The lowest BCUT2D eigenvalue weighted by Gasteiger charge is -2.41. The summed E-state index contributed by atoms with van der Waals surface area (Å²) in [5.41, 5.74) is 5.54. The monoisotopic (exact) mass is 345 g/mol. The van der Waals surface area contributed by atoms with E-state index >= 15 is 0 Å². The van der Waals surface area contributed by atoms with E-state index < -0.39 is 0 Å². The summed E-state index contributed by atoms with van der Waals surface area (Å²) in [5.74, 6) is 0.129. The molecule has 4 N–H and O–H groups in total. The molecule has 10 nitrogen and oxygen atoms in total. The topological polar surface area (TPSA) is 139 Å². The Morgan fingerprint density at radius 3 is 2.76 bits per heavy atom. The Kier molecular flexibility index (Phi) is 3.48. The lowest BCUT2D eigenvalue weighted by Crippen LogP contribution is -2.57. The number of hydrogen-bond donors (Lipinski definition) is 3. The van der Waals surface area contributed by atoms with Crippen LogP contribution in [0.15, 0.2) is 11.0 Å². The molecular formula is C15H19N7O3. The molecule has 0 radical (unpaired) electrons. The fourth-order valence-electron chi connectivity index (χ4n) is 3.29. The van der Waals surface area contributed by atoms with E-state index in [-0.39, 0.29) is 35.4 Å². The van der Waals surface area contributed by atoms with Crippen LogP contribution in [-0.4, -0.2) is 55.7 Å². The van der Waals surface area contributed by atoms with Crippen molar-refractivity contribution in [2.24, 2.45) is 18.7 Å². The van der Waals surface area contributed by atoms with Crippen LogP contribution in [0.2, 0.25) is 0 Å². The Balaban J connectivity index is 1.36. The number of aromatic nitrogens is 4. The maximum Gasteiger partial charge on any atom is 0.317 e. The third-order valence-corrected chi connectivity index (χ3v) is 5.04. The second-order valence-corrected chi connectivity index (χ2v) is 6.78. The van der Waals surface area contributed by atoms with Crippen LogP contribution in [0.3, 0.4) is 0 Å². The van der Waals surface area contributed by atoms with Crippen molar-refractivity contribution >= 4 is 23.0 Å². The van der Waals surface area contributed by atoms with Gasteiger partial charge in [-0.3, -0.25) is 14.3 Å². The first-order valence-electron chi connectivity index (χ1n) is 8.19. The zero-order valence-corrected chi connectivity index (χ0v) is 13.7. The predicted molar refractivity (Wildman–Crippen MR) is 87.7 cm³/mol. The number of urea groups is 1. The Morgan fingerprint density at radius 2 is 2.08 bits per heavy atom. The van der Waals surface area contributed by atoms with Crippen molar-refractivity contribution in [3.05, 3.63) is 22.4 Å². The maximum atomic E-state index is 12.2. The van der Waals surface area contributed by atoms with Crippen molar-refractivity contribution in [1.29, 1.82) is 0 Å². The number of H-pyrrole nitrogens is 1. The van der Waals surface area contributed by atoms with Gasteiger partial charge in [0.25, 0.3) is 5.56 Å². The molecule has 2 aromatic heterocycles. The van der Waals surface area contributed by atoms with E-state index in [2.05, 4.69) is 20.4 Å². The lowest BCUT2D eigenvalue weighted by molar-refractivity contribution is -0.124. The number of likely N-dealkylation sites (tertiary alicyclic amines) is 1. The van der Waals surface area contributed by atoms with E-state index in [1.54, 1.807) is 16.6 Å². The molecule has 0 atom stereocenters. The first-order valence-corrected chi connectivity index (χ1v) is 8.19. The van der Waals surface area contributed by atoms with Gasteiger partial charge in [0.15, 0.2) is 5.65 Å². The van der Waals surface area contributed by atoms with Gasteiger partial charge in [-0.1, -0.05) is 0 Å². The molecule has 1 aliphatic carbocycles. The van der Waals surface area contributed by atoms with Gasteiger partial charge in [0, 0.05) is 32.1 Å². The molecule has 0 aromatic carbocycles. The summed E-state index contributed by atoms with van der Waals surface area (Å²) in [7, 11) is 1.73. The number of carbonyl (C=O) groups excluding carboxylic acids is 2. The normalized spacial score (nSPS) is 23.2. The number of aryl methyl sites for hydroxylation is 1. The van der Waals surface area contributed by atoms with E-state index in [0.717, 1.165) is 0 Å². The SMILES string of the molecule is Cn1ncc2c(=O)[nH]c(C3CN(C(=O)NC4CC(C(N)=O)C4)C3)nc21. The molecule has 0 spiro atoms. The molecule has 1 saturated heterocycles. The van der Waals surface area contributed by atoms with Gasteiger partial charge in [0.05, 0.1) is 12.1 Å². The first-order chi connectivity index (χ1) is 11.9. The van der Waals surface area contributed by atoms with E-state index in [1.165, 1.54) is 6.20 Å². The van der Waals surface area contributed by atoms with Crippen molar-refractivity contribution in [3.8, 4) is 0 Å². The number of rotatable bonds is 3. The quantitative estimate of drug-likeness (QED) is 0.657. The Bertz CT molecular complexity index is 905. The molecule has 1 aliphatic heterocycles. The predicted octanol–water partition coefficient (Wildman–Crippen LogP) is -0.971. The minimum Gasteiger partial charge on any atom is -0.369 e. The standard InChI is InChI=1S/C15H19N7O3/c1-21-13-10(4-17-21)14(24)20-12(19-13)8-5-22(6-8)15(25)18-9-2-7(3-9)11(16)23/h4,7-9H,2-3,5-6H2,1H3,(H2,16,23)(H,18,25)(H,19,20,24). The molecule has 3 amide bonds. The summed E-state index contributed by atoms with van der Waals surface area (Å²) in [4.78, 5) is 44.1. The zero-order valence-electron chi connectivity index (χ0n) is 13.7. The van der Waals surface area contributed by atoms with Gasteiger partial charge in [0.1, 0.15) is 11.2 Å². The number of fused-ring (bicyclic) bond motifs is 1. The smallest absolute Gasteiger partial charge is 0.317 e. The van der Waals surface area contributed by atoms with E-state index in [9.17, 15) is 14.4 Å². The molecule has 2 fully saturated rings. The summed E-state index contributed by atoms with van der Waals surface area (Å²) in [5, 5.41) is 7.38. The van der Waals surface area contributed by atoms with Crippen molar-refractivity contribution < 1.29 is 9.59 Å². The maximum absolute atomic E-state index is 12.2. The van der Waals surface area contributed by atoms with Crippen molar-refractivity contribution in [3.63, 3.8) is 0 Å². The molecule has 10 heteroatoms. The lowest BCUT2D eigenvalue weighted by atomic mass is 9.80. The van der Waals surface area contributed by atoms with Crippen molar-refractivity contribution in [1.82, 2.24) is 30.0 Å². The highest BCUT2D eigenvalue weighted by Gasteiger charge is 2.38. The summed E-state index contributed by atoms with van der Waals surface area (Å²) < 4.78 is 1.56. The van der Waals surface area contributed by atoms with Gasteiger partial charge < -0.3 is 20.9 Å². The van der Waals surface area contributed by atoms with E-state index in [0.29, 0.717) is 42.8 Å². The zero-order chi connectivity index (χ0) is 17.7. The van der Waals surface area contributed by atoms with Gasteiger partial charge in [-0.25, -0.2) is 9.78 Å². The number of hydrogen-bond acceptors (Lipinski definition) is 5. The molecule has 1 saturated carbocycles. The molecule has 132 valence electrons. The van der Waals surface area contributed by atoms with Crippen LogP contribution in [0.5, 0.6) is 0 Å². The second-order valence-electron chi connectivity index (χ2n) is 6.78. The van der Waals surface area contributed by atoms with Crippen molar-refractivity contribution in [2.45, 2.75) is 24.8 Å². The minimum atomic E-state index is -0.310. The highest BCUT2D eigenvalue weighted by molar-refractivity contribution is 5.79. The number of nitrogens with two attached hydrogens (primary N) is 1. The van der Waals surface area contributed by atoms with Gasteiger partial charge in [0.2, 0.25) is 5.91 Å². The number of carbonyl (C=O) groups is 2. The Hall–Kier alpha value is -2.91. The summed E-state index contributed by atoms with van der Waals surface area (Å²) in [6.07, 6.45) is 2.69. The average Bonchev–Trinajstić information content (AvgIpc) is 2.83. The number of aromatic amines is 1. The van der Waals surface area contributed by atoms with Gasteiger partial charge >= 0.3 is 6.03 Å². The first kappa shape index (κ1) is 15.6. The second kappa shape index (κ2) is 5.57. The molecule has 0 unspecified atom stereocenters. The molecule has 2 aliphatic rings. The highest BCUT2D eigenvalue weighted by Crippen LogP contribution is 2.29. The summed E-state index contributed by atoms with van der Waals surface area (Å²) in [6, 6.07) is -0.152. The van der Waals surface area contributed by atoms with Gasteiger partial charge in [-0.2, -0.15) is 5.10 Å². The van der Waals surface area contributed by atoms with Crippen LogP contribution >= 0.6 is 0 Å². The van der Waals surface area contributed by atoms with Gasteiger partial charge in [-0.15, -0.1) is 0 Å². The number of amides is 3. The molecule has 25 heavy (non-hydrogen) atoms. The number of primary amides is 1. The average molecular weight is 345 g/mol. The van der Waals surface area contributed by atoms with Crippen molar-refractivity contribution in [2.75, 3.05) is 13.1 Å². The minimum absolute atomic E-state index is 0.00231. The Labute approximate surface area is 142 Å². The van der Waals surface area contributed by atoms with Crippen LogP contribution in [0.1, 0.15) is 24.6 Å². The molecule has 4 rings (SSSR count). The largest absolute Gasteiger partial charge is 0.369 e. The van der Waals surface area contributed by atoms with E-state index in [4.69, 9.17) is 5.73 Å². The Morgan fingerprint density at radius 1 is 1.36 bits per heavy atom. The summed E-state index contributed by atoms with van der Waals surface area (Å²) in [6.45, 7) is 0.980. The van der Waals surface area contributed by atoms with Crippen LogP contribution in [-0.2, 0) is 11.8 Å². The molecular weight excluding hydrogens is 326 g/mol.